The highest BCUT2D eigenvalue weighted by atomic mass is 79.9. The normalized spacial score (nSPS) is 16.9. The van der Waals surface area contributed by atoms with Crippen LogP contribution < -0.4 is 10.5 Å². The monoisotopic (exact) mass is 323 g/mol. The molecule has 1 aliphatic rings. The summed E-state index contributed by atoms with van der Waals surface area (Å²) in [6, 6.07) is 7.57. The smallest absolute Gasteiger partial charge is 0.264 e. The first-order valence-electron chi connectivity index (χ1n) is 6.16. The SMILES string of the molecule is NC1(c2noc(COc3ccc(Br)cc3)n2)CCC1. The topological polar surface area (TPSA) is 74.2 Å². The lowest BCUT2D eigenvalue weighted by Crippen LogP contribution is -2.44. The fourth-order valence-corrected chi connectivity index (χ4v) is 2.24. The van der Waals surface area contributed by atoms with Gasteiger partial charge < -0.3 is 15.0 Å². The molecule has 1 saturated carbocycles. The van der Waals surface area contributed by atoms with Crippen LogP contribution in [0.1, 0.15) is 31.0 Å². The van der Waals surface area contributed by atoms with Gasteiger partial charge in [-0.1, -0.05) is 21.1 Å². The minimum atomic E-state index is -0.390. The third kappa shape index (κ3) is 2.64. The van der Waals surface area contributed by atoms with E-state index in [0.717, 1.165) is 29.5 Å². The summed E-state index contributed by atoms with van der Waals surface area (Å²) in [6.07, 6.45) is 2.95. The highest BCUT2D eigenvalue weighted by Crippen LogP contribution is 2.36. The first-order chi connectivity index (χ1) is 9.16. The molecule has 0 unspecified atom stereocenters. The van der Waals surface area contributed by atoms with E-state index < -0.39 is 0 Å². The Bertz CT molecular complexity index is 564. The number of nitrogens with two attached hydrogens (primary N) is 1. The standard InChI is InChI=1S/C13H14BrN3O2/c14-9-2-4-10(5-3-9)18-8-11-16-12(17-19-11)13(15)6-1-7-13/h2-5H,1,6-8,15H2. The van der Waals surface area contributed by atoms with E-state index in [9.17, 15) is 0 Å². The molecule has 1 aliphatic carbocycles. The molecule has 0 atom stereocenters. The van der Waals surface area contributed by atoms with Gasteiger partial charge in [0.05, 0.1) is 5.54 Å². The Hall–Kier alpha value is -1.40. The summed E-state index contributed by atoms with van der Waals surface area (Å²) in [5.74, 6) is 1.80. The van der Waals surface area contributed by atoms with Gasteiger partial charge in [-0.25, -0.2) is 0 Å². The molecule has 0 radical (unpaired) electrons. The Morgan fingerprint density at radius 2 is 2.05 bits per heavy atom. The molecule has 0 bridgehead atoms. The van der Waals surface area contributed by atoms with Gasteiger partial charge in [0.25, 0.3) is 5.89 Å². The summed E-state index contributed by atoms with van der Waals surface area (Å²) in [5, 5.41) is 3.94. The lowest BCUT2D eigenvalue weighted by Gasteiger charge is -2.34. The number of rotatable bonds is 4. The average molecular weight is 324 g/mol. The third-order valence-electron chi connectivity index (χ3n) is 3.34. The maximum Gasteiger partial charge on any atom is 0.264 e. The fraction of sp³-hybridized carbons (Fsp3) is 0.385. The van der Waals surface area contributed by atoms with Crippen molar-refractivity contribution in [2.75, 3.05) is 0 Å². The van der Waals surface area contributed by atoms with Crippen molar-refractivity contribution in [3.8, 4) is 5.75 Å². The van der Waals surface area contributed by atoms with Crippen molar-refractivity contribution in [1.29, 1.82) is 0 Å². The van der Waals surface area contributed by atoms with Crippen molar-refractivity contribution in [3.05, 3.63) is 40.5 Å². The largest absolute Gasteiger partial charge is 0.484 e. The number of aromatic nitrogens is 2. The van der Waals surface area contributed by atoms with Gasteiger partial charge in [0, 0.05) is 4.47 Å². The number of nitrogens with zero attached hydrogens (tertiary/aromatic N) is 2. The molecule has 3 rings (SSSR count). The Morgan fingerprint density at radius 3 is 2.68 bits per heavy atom. The molecule has 0 spiro atoms. The van der Waals surface area contributed by atoms with Gasteiger partial charge in [-0.3, -0.25) is 0 Å². The van der Waals surface area contributed by atoms with Gasteiger partial charge in [0.2, 0.25) is 0 Å². The Balaban J connectivity index is 1.63. The zero-order valence-electron chi connectivity index (χ0n) is 10.3. The molecule has 0 saturated heterocycles. The van der Waals surface area contributed by atoms with E-state index >= 15 is 0 Å². The number of ether oxygens (including phenoxy) is 1. The lowest BCUT2D eigenvalue weighted by molar-refractivity contribution is 0.223. The van der Waals surface area contributed by atoms with E-state index in [-0.39, 0.29) is 12.1 Å². The molecular formula is C13H14BrN3O2. The van der Waals surface area contributed by atoms with Gasteiger partial charge in [0.1, 0.15) is 5.75 Å². The van der Waals surface area contributed by atoms with E-state index in [1.54, 1.807) is 0 Å². The second-order valence-electron chi connectivity index (χ2n) is 4.76. The van der Waals surface area contributed by atoms with Crippen molar-refractivity contribution >= 4 is 15.9 Å². The van der Waals surface area contributed by atoms with Crippen molar-refractivity contribution in [2.24, 2.45) is 5.73 Å². The zero-order valence-corrected chi connectivity index (χ0v) is 11.9. The van der Waals surface area contributed by atoms with Crippen molar-refractivity contribution in [1.82, 2.24) is 10.1 Å². The number of hydrogen-bond donors (Lipinski definition) is 1. The van der Waals surface area contributed by atoms with Crippen LogP contribution in [0.4, 0.5) is 0 Å². The van der Waals surface area contributed by atoms with Gasteiger partial charge >= 0.3 is 0 Å². The van der Waals surface area contributed by atoms with Crippen LogP contribution in [0.25, 0.3) is 0 Å². The molecule has 1 aromatic heterocycles. The van der Waals surface area contributed by atoms with Crippen molar-refractivity contribution in [3.63, 3.8) is 0 Å². The van der Waals surface area contributed by atoms with Gasteiger partial charge in [-0.2, -0.15) is 4.98 Å². The van der Waals surface area contributed by atoms with Crippen LogP contribution in [0.3, 0.4) is 0 Å². The molecule has 2 N–H and O–H groups in total. The number of halogens is 1. The Labute approximate surface area is 119 Å². The Kier molecular flexibility index (Phi) is 3.28. The quantitative estimate of drug-likeness (QED) is 0.936. The minimum Gasteiger partial charge on any atom is -0.484 e. The van der Waals surface area contributed by atoms with Crippen molar-refractivity contribution in [2.45, 2.75) is 31.4 Å². The molecule has 5 nitrogen and oxygen atoms in total. The molecule has 6 heteroatoms. The van der Waals surface area contributed by atoms with E-state index in [2.05, 4.69) is 26.1 Å². The Morgan fingerprint density at radius 1 is 1.32 bits per heavy atom. The lowest BCUT2D eigenvalue weighted by atomic mass is 9.77. The van der Waals surface area contributed by atoms with E-state index in [0.29, 0.717) is 11.7 Å². The summed E-state index contributed by atoms with van der Waals surface area (Å²) in [5.41, 5.74) is 5.74. The highest BCUT2D eigenvalue weighted by molar-refractivity contribution is 9.10. The van der Waals surface area contributed by atoms with E-state index in [4.69, 9.17) is 15.0 Å². The van der Waals surface area contributed by atoms with Crippen LogP contribution in [0.15, 0.2) is 33.3 Å². The molecule has 1 heterocycles. The van der Waals surface area contributed by atoms with E-state index in [1.165, 1.54) is 0 Å². The molecule has 2 aromatic rings. The van der Waals surface area contributed by atoms with Gasteiger partial charge in [-0.05, 0) is 43.5 Å². The second kappa shape index (κ2) is 4.94. The summed E-state index contributed by atoms with van der Waals surface area (Å²) in [6.45, 7) is 0.255. The highest BCUT2D eigenvalue weighted by Gasteiger charge is 2.38. The molecule has 0 amide bonds. The minimum absolute atomic E-state index is 0.255. The van der Waals surface area contributed by atoms with Crippen LogP contribution in [0, 0.1) is 0 Å². The summed E-state index contributed by atoms with van der Waals surface area (Å²) >= 11 is 3.37. The van der Waals surface area contributed by atoms with Crippen LogP contribution in [-0.2, 0) is 12.1 Å². The predicted molar refractivity (Wildman–Crippen MR) is 72.5 cm³/mol. The zero-order chi connectivity index (χ0) is 13.3. The molecule has 1 aromatic carbocycles. The first-order valence-corrected chi connectivity index (χ1v) is 6.95. The van der Waals surface area contributed by atoms with Crippen LogP contribution in [0.2, 0.25) is 0 Å². The summed E-state index contributed by atoms with van der Waals surface area (Å²) in [7, 11) is 0. The molecule has 0 aliphatic heterocycles. The van der Waals surface area contributed by atoms with Crippen molar-refractivity contribution < 1.29 is 9.26 Å². The van der Waals surface area contributed by atoms with Crippen LogP contribution in [-0.4, -0.2) is 10.1 Å². The maximum absolute atomic E-state index is 6.13. The summed E-state index contributed by atoms with van der Waals surface area (Å²) in [4.78, 5) is 4.30. The first kappa shape index (κ1) is 12.6. The van der Waals surface area contributed by atoms with E-state index in [1.807, 2.05) is 24.3 Å². The van der Waals surface area contributed by atoms with Crippen LogP contribution >= 0.6 is 15.9 Å². The summed E-state index contributed by atoms with van der Waals surface area (Å²) < 4.78 is 11.7. The number of benzene rings is 1. The van der Waals surface area contributed by atoms with Crippen LogP contribution in [0.5, 0.6) is 5.75 Å². The molecule has 1 fully saturated rings. The maximum atomic E-state index is 6.13. The third-order valence-corrected chi connectivity index (χ3v) is 3.86. The predicted octanol–water partition coefficient (Wildman–Crippen LogP) is 2.75. The van der Waals surface area contributed by atoms with Gasteiger partial charge in [-0.15, -0.1) is 0 Å². The average Bonchev–Trinajstić information content (AvgIpc) is 2.84. The molecule has 100 valence electrons. The number of hydrogen-bond acceptors (Lipinski definition) is 5. The fourth-order valence-electron chi connectivity index (χ4n) is 1.97. The van der Waals surface area contributed by atoms with Gasteiger partial charge in [0.15, 0.2) is 12.4 Å². The molecule has 19 heavy (non-hydrogen) atoms. The second-order valence-corrected chi connectivity index (χ2v) is 5.68. The molecular weight excluding hydrogens is 310 g/mol.